The van der Waals surface area contributed by atoms with Gasteiger partial charge >= 0.3 is 7.82 Å². The summed E-state index contributed by atoms with van der Waals surface area (Å²) in [6.07, 6.45) is 6.12. The van der Waals surface area contributed by atoms with Crippen LogP contribution in [0.5, 0.6) is 0 Å². The number of phosphoric acid groups is 1. The van der Waals surface area contributed by atoms with Gasteiger partial charge in [-0.15, -0.1) is 0 Å². The zero-order valence-electron chi connectivity index (χ0n) is 17.2. The molecule has 3 fully saturated rings. The average Bonchev–Trinajstić information content (AvgIpc) is 2.66. The molecule has 9 N–H and O–H groups in total. The minimum atomic E-state index is -4.82. The molecule has 10 nitrogen and oxygen atoms in total. The van der Waals surface area contributed by atoms with Crippen LogP contribution in [0.3, 0.4) is 0 Å². The first-order valence-electron chi connectivity index (χ1n) is 10.5. The van der Waals surface area contributed by atoms with Crippen molar-refractivity contribution in [3.8, 4) is 0 Å². The van der Waals surface area contributed by atoms with Crippen LogP contribution in [-0.2, 0) is 13.8 Å². The van der Waals surface area contributed by atoms with Crippen molar-refractivity contribution in [2.45, 2.75) is 114 Å². The number of hydrogen-bond donors (Lipinski definition) is 7. The Balaban J connectivity index is 0.000000248. The predicted octanol–water partition coefficient (Wildman–Crippen LogP) is 0.479. The van der Waals surface area contributed by atoms with Crippen molar-refractivity contribution >= 4 is 7.82 Å². The van der Waals surface area contributed by atoms with Gasteiger partial charge in [0.1, 0.15) is 18.3 Å². The summed E-state index contributed by atoms with van der Waals surface area (Å²) < 4.78 is 19.4. The van der Waals surface area contributed by atoms with Gasteiger partial charge in [-0.3, -0.25) is 4.52 Å². The maximum Gasteiger partial charge on any atom is 0.472 e. The molecule has 11 heteroatoms. The first-order chi connectivity index (χ1) is 13.5. The van der Waals surface area contributed by atoms with Crippen molar-refractivity contribution in [1.29, 1.82) is 0 Å². The lowest BCUT2D eigenvalue weighted by Crippen LogP contribution is -2.57. The van der Waals surface area contributed by atoms with Gasteiger partial charge in [-0.1, -0.05) is 38.5 Å². The zero-order valence-corrected chi connectivity index (χ0v) is 18.1. The number of ether oxygens (including phenoxy) is 1. The molecule has 5 atom stereocenters. The third-order valence-corrected chi connectivity index (χ3v) is 5.83. The Labute approximate surface area is 172 Å². The minimum absolute atomic E-state index is 0.536. The van der Waals surface area contributed by atoms with Crippen LogP contribution in [0.1, 0.15) is 71.1 Å². The van der Waals surface area contributed by atoms with Gasteiger partial charge in [0, 0.05) is 12.1 Å². The summed E-state index contributed by atoms with van der Waals surface area (Å²) in [4.78, 5) is 17.0. The van der Waals surface area contributed by atoms with Gasteiger partial charge in [-0.05, 0) is 32.6 Å². The molecule has 1 heterocycles. The number of hydrogen-bond acceptors (Lipinski definition) is 8. The van der Waals surface area contributed by atoms with Crippen LogP contribution in [0.4, 0.5) is 0 Å². The van der Waals surface area contributed by atoms with E-state index in [2.05, 4.69) is 4.52 Å². The standard InChI is InChI=1S/2C6H13N.C6H13O8P/c2*7-6-4-2-1-3-5-6;1-2-3(7)4(8)5(9)6(13-2)14-15(10,11)12/h2*6H,1-5,7H2;2-9H,1H3,(H2,10,11,12). The van der Waals surface area contributed by atoms with Crippen LogP contribution in [0, 0.1) is 0 Å². The molecule has 1 aliphatic heterocycles. The third kappa shape index (κ3) is 11.2. The van der Waals surface area contributed by atoms with Gasteiger partial charge in [-0.25, -0.2) is 4.57 Å². The Morgan fingerprint density at radius 1 is 0.793 bits per heavy atom. The summed E-state index contributed by atoms with van der Waals surface area (Å²) in [6.45, 7) is 1.37. The van der Waals surface area contributed by atoms with Crippen LogP contribution >= 0.6 is 7.82 Å². The second-order valence-electron chi connectivity index (χ2n) is 8.07. The van der Waals surface area contributed by atoms with Crippen LogP contribution in [0.15, 0.2) is 0 Å². The van der Waals surface area contributed by atoms with E-state index < -0.39 is 38.5 Å². The Morgan fingerprint density at radius 2 is 1.21 bits per heavy atom. The van der Waals surface area contributed by atoms with Gasteiger partial charge in [0.05, 0.1) is 6.10 Å². The Morgan fingerprint density at radius 3 is 1.52 bits per heavy atom. The molecule has 2 aliphatic carbocycles. The van der Waals surface area contributed by atoms with E-state index in [0.29, 0.717) is 12.1 Å². The van der Waals surface area contributed by atoms with Crippen molar-refractivity contribution in [1.82, 2.24) is 0 Å². The summed E-state index contributed by atoms with van der Waals surface area (Å²) >= 11 is 0. The quantitative estimate of drug-likeness (QED) is 0.296. The fourth-order valence-electron chi connectivity index (χ4n) is 3.50. The van der Waals surface area contributed by atoms with E-state index >= 15 is 0 Å². The van der Waals surface area contributed by atoms with Gasteiger partial charge in [0.25, 0.3) is 0 Å². The van der Waals surface area contributed by atoms with Crippen molar-refractivity contribution in [2.75, 3.05) is 0 Å². The lowest BCUT2D eigenvalue weighted by Gasteiger charge is -2.38. The van der Waals surface area contributed by atoms with Gasteiger partial charge < -0.3 is 41.3 Å². The van der Waals surface area contributed by atoms with Crippen molar-refractivity contribution < 1.29 is 38.9 Å². The molecule has 0 spiro atoms. The molecule has 3 rings (SSSR count). The van der Waals surface area contributed by atoms with E-state index in [0.717, 1.165) is 0 Å². The highest BCUT2D eigenvalue weighted by atomic mass is 31.2. The van der Waals surface area contributed by atoms with Crippen LogP contribution in [0.2, 0.25) is 0 Å². The molecule has 0 radical (unpaired) electrons. The molecular formula is C18H39N2O8P. The Bertz CT molecular complexity index is 466. The second-order valence-corrected chi connectivity index (χ2v) is 9.27. The first kappa shape index (κ1) is 26.9. The highest BCUT2D eigenvalue weighted by Crippen LogP contribution is 2.40. The van der Waals surface area contributed by atoms with E-state index in [1.807, 2.05) is 0 Å². The van der Waals surface area contributed by atoms with Crippen molar-refractivity contribution in [3.05, 3.63) is 0 Å². The number of aliphatic hydroxyl groups is 3. The molecule has 0 aromatic carbocycles. The summed E-state index contributed by atoms with van der Waals surface area (Å²) in [5.41, 5.74) is 11.3. The van der Waals surface area contributed by atoms with Crippen LogP contribution in [-0.4, -0.2) is 67.9 Å². The minimum Gasteiger partial charge on any atom is -0.388 e. The summed E-state index contributed by atoms with van der Waals surface area (Å²) in [5, 5.41) is 27.8. The molecule has 3 aliphatic rings. The van der Waals surface area contributed by atoms with Crippen LogP contribution in [0.25, 0.3) is 0 Å². The molecule has 29 heavy (non-hydrogen) atoms. The lowest BCUT2D eigenvalue weighted by atomic mass is 9.97. The third-order valence-electron chi connectivity index (χ3n) is 5.35. The van der Waals surface area contributed by atoms with Gasteiger partial charge in [0.15, 0.2) is 6.29 Å². The molecule has 0 aromatic rings. The molecule has 174 valence electrons. The van der Waals surface area contributed by atoms with E-state index in [4.69, 9.17) is 26.0 Å². The molecular weight excluding hydrogens is 403 g/mol. The summed E-state index contributed by atoms with van der Waals surface area (Å²) in [7, 11) is -4.82. The maximum atomic E-state index is 10.5. The van der Waals surface area contributed by atoms with Crippen LogP contribution < -0.4 is 11.5 Å². The molecule has 2 saturated carbocycles. The van der Waals surface area contributed by atoms with E-state index in [9.17, 15) is 19.9 Å². The number of aliphatic hydroxyl groups excluding tert-OH is 3. The summed E-state index contributed by atoms with van der Waals surface area (Å²) in [6, 6.07) is 1.07. The largest absolute Gasteiger partial charge is 0.472 e. The fraction of sp³-hybridized carbons (Fsp3) is 1.00. The Hall–Kier alpha value is -0.130. The fourth-order valence-corrected chi connectivity index (χ4v) is 3.95. The number of phosphoric ester groups is 1. The summed E-state index contributed by atoms with van der Waals surface area (Å²) in [5.74, 6) is 0. The van der Waals surface area contributed by atoms with E-state index in [1.54, 1.807) is 0 Å². The normalized spacial score (nSPS) is 34.4. The monoisotopic (exact) mass is 442 g/mol. The Kier molecular flexibility index (Phi) is 12.4. The SMILES string of the molecule is CC1OC(OP(=O)(O)O)C(O)C(O)C1O.NC1CCCCC1.NC1CCCCC1. The molecule has 1 saturated heterocycles. The predicted molar refractivity (Wildman–Crippen MR) is 108 cm³/mol. The second kappa shape index (κ2) is 13.3. The number of nitrogens with two attached hydrogens (primary N) is 2. The molecule has 5 unspecified atom stereocenters. The van der Waals surface area contributed by atoms with E-state index in [-0.39, 0.29) is 0 Å². The van der Waals surface area contributed by atoms with Gasteiger partial charge in [-0.2, -0.15) is 0 Å². The van der Waals surface area contributed by atoms with Crippen molar-refractivity contribution in [2.24, 2.45) is 11.5 Å². The number of rotatable bonds is 2. The maximum absolute atomic E-state index is 10.5. The lowest BCUT2D eigenvalue weighted by molar-refractivity contribution is -0.271. The zero-order chi connectivity index (χ0) is 22.0. The van der Waals surface area contributed by atoms with E-state index in [1.165, 1.54) is 71.1 Å². The highest BCUT2D eigenvalue weighted by molar-refractivity contribution is 7.46. The highest BCUT2D eigenvalue weighted by Gasteiger charge is 2.44. The van der Waals surface area contributed by atoms with Crippen molar-refractivity contribution in [3.63, 3.8) is 0 Å². The topological polar surface area (TPSA) is 189 Å². The molecule has 0 bridgehead atoms. The average molecular weight is 442 g/mol. The molecule has 0 amide bonds. The van der Waals surface area contributed by atoms with Gasteiger partial charge in [0.2, 0.25) is 0 Å². The smallest absolute Gasteiger partial charge is 0.388 e. The molecule has 0 aromatic heterocycles. The first-order valence-corrected chi connectivity index (χ1v) is 12.0.